The van der Waals surface area contributed by atoms with Crippen LogP contribution in [0.3, 0.4) is 0 Å². The Labute approximate surface area is 224 Å². The van der Waals surface area contributed by atoms with Gasteiger partial charge in [0.05, 0.1) is 24.5 Å². The van der Waals surface area contributed by atoms with Crippen molar-refractivity contribution in [2.24, 2.45) is 5.92 Å². The molecular weight excluding hydrogens is 460 g/mol. The molecule has 0 aliphatic carbocycles. The summed E-state index contributed by atoms with van der Waals surface area (Å²) in [6, 6.07) is 11.2. The summed E-state index contributed by atoms with van der Waals surface area (Å²) >= 11 is 0. The van der Waals surface area contributed by atoms with E-state index in [1.54, 1.807) is 12.4 Å². The van der Waals surface area contributed by atoms with Gasteiger partial charge >= 0.3 is 0 Å². The van der Waals surface area contributed by atoms with E-state index < -0.39 is 5.92 Å². The fourth-order valence-electron chi connectivity index (χ4n) is 4.53. The van der Waals surface area contributed by atoms with Crippen LogP contribution in [-0.4, -0.2) is 21.8 Å². The number of aromatic nitrogens is 2. The number of amides is 2. The maximum Gasteiger partial charge on any atom is 0.232 e. The molecule has 2 amide bonds. The van der Waals surface area contributed by atoms with Gasteiger partial charge in [-0.25, -0.2) is 0 Å². The highest BCUT2D eigenvalue weighted by Crippen LogP contribution is 2.16. The smallest absolute Gasteiger partial charge is 0.232 e. The maximum absolute atomic E-state index is 12.9. The van der Waals surface area contributed by atoms with Gasteiger partial charge < -0.3 is 10.6 Å². The van der Waals surface area contributed by atoms with E-state index in [1.165, 1.54) is 70.6 Å². The second-order valence-electron chi connectivity index (χ2n) is 10.0. The molecule has 0 saturated heterocycles. The summed E-state index contributed by atoms with van der Waals surface area (Å²) in [5.41, 5.74) is 1.56. The number of unbranched alkanes of at least 4 members (excludes halogenated alkanes) is 13. The number of carbonyl (C=O) groups is 2. The van der Waals surface area contributed by atoms with Gasteiger partial charge in [0.2, 0.25) is 11.8 Å². The number of nitrogens with one attached hydrogen (secondary N) is 2. The van der Waals surface area contributed by atoms with Crippen molar-refractivity contribution in [3.8, 4) is 0 Å². The van der Waals surface area contributed by atoms with Gasteiger partial charge in [-0.2, -0.15) is 0 Å². The van der Waals surface area contributed by atoms with E-state index in [0.29, 0.717) is 19.5 Å². The maximum atomic E-state index is 12.9. The van der Waals surface area contributed by atoms with Crippen LogP contribution >= 0.6 is 0 Å². The number of hydrogen-bond donors (Lipinski definition) is 2. The molecule has 0 radical (unpaired) electrons. The molecule has 0 aliphatic rings. The summed E-state index contributed by atoms with van der Waals surface area (Å²) in [7, 11) is 0. The van der Waals surface area contributed by atoms with Gasteiger partial charge in [0.15, 0.2) is 0 Å². The fourth-order valence-corrected chi connectivity index (χ4v) is 4.53. The quantitative estimate of drug-likeness (QED) is 0.142. The zero-order valence-corrected chi connectivity index (χ0v) is 22.9. The first-order valence-corrected chi connectivity index (χ1v) is 14.6. The summed E-state index contributed by atoms with van der Waals surface area (Å²) in [6.07, 6.45) is 21.9. The van der Waals surface area contributed by atoms with Gasteiger partial charge in [-0.15, -0.1) is 0 Å². The first-order chi connectivity index (χ1) is 18.2. The van der Waals surface area contributed by atoms with Crippen molar-refractivity contribution in [3.05, 3.63) is 60.2 Å². The summed E-state index contributed by atoms with van der Waals surface area (Å²) in [5.74, 6) is -1.18. The standard InChI is InChI=1S/C31H48N4O2/c1-2-3-4-5-6-7-8-9-10-11-12-13-14-15-22-29(30(36)34-25-27-20-16-18-23-32-27)31(37)35-26-28-21-17-19-24-33-28/h16-21,23-24,29H,2-15,22,25-26H2,1H3,(H,34,36)(H,35,37). The zero-order valence-electron chi connectivity index (χ0n) is 22.9. The lowest BCUT2D eigenvalue weighted by molar-refractivity contribution is -0.135. The largest absolute Gasteiger partial charge is 0.350 e. The van der Waals surface area contributed by atoms with Crippen molar-refractivity contribution < 1.29 is 9.59 Å². The number of carbonyl (C=O) groups excluding carboxylic acids is 2. The van der Waals surface area contributed by atoms with Crippen LogP contribution in [0.25, 0.3) is 0 Å². The lowest BCUT2D eigenvalue weighted by Crippen LogP contribution is -2.41. The Kier molecular flexibility index (Phi) is 16.7. The van der Waals surface area contributed by atoms with Gasteiger partial charge in [0.25, 0.3) is 0 Å². The van der Waals surface area contributed by atoms with E-state index in [-0.39, 0.29) is 11.8 Å². The van der Waals surface area contributed by atoms with Gasteiger partial charge in [-0.1, -0.05) is 109 Å². The molecule has 6 heteroatoms. The Bertz CT molecular complexity index is 789. The monoisotopic (exact) mass is 508 g/mol. The van der Waals surface area contributed by atoms with E-state index >= 15 is 0 Å². The summed E-state index contributed by atoms with van der Waals surface area (Å²) in [5, 5.41) is 5.80. The summed E-state index contributed by atoms with van der Waals surface area (Å²) in [6.45, 7) is 2.91. The normalized spacial score (nSPS) is 11.0. The highest BCUT2D eigenvalue weighted by molar-refractivity contribution is 6.00. The van der Waals surface area contributed by atoms with Crippen LogP contribution in [-0.2, 0) is 22.7 Å². The summed E-state index contributed by atoms with van der Waals surface area (Å²) in [4.78, 5) is 34.3. The molecule has 2 heterocycles. The molecule has 0 fully saturated rings. The van der Waals surface area contributed by atoms with E-state index in [2.05, 4.69) is 27.5 Å². The first kappa shape index (κ1) is 30.5. The van der Waals surface area contributed by atoms with Gasteiger partial charge in [0.1, 0.15) is 5.92 Å². The molecule has 0 saturated carbocycles. The average Bonchev–Trinajstić information content (AvgIpc) is 2.93. The molecule has 2 N–H and O–H groups in total. The second-order valence-corrected chi connectivity index (χ2v) is 10.0. The average molecular weight is 509 g/mol. The van der Waals surface area contributed by atoms with Crippen LogP contribution in [0.5, 0.6) is 0 Å². The van der Waals surface area contributed by atoms with Crippen LogP contribution in [0.15, 0.2) is 48.8 Å². The van der Waals surface area contributed by atoms with Gasteiger partial charge in [-0.3, -0.25) is 19.6 Å². The molecule has 204 valence electrons. The van der Waals surface area contributed by atoms with Gasteiger partial charge in [0, 0.05) is 12.4 Å². The van der Waals surface area contributed by atoms with Gasteiger partial charge in [-0.05, 0) is 30.7 Å². The lowest BCUT2D eigenvalue weighted by Gasteiger charge is -2.17. The van der Waals surface area contributed by atoms with Crippen molar-refractivity contribution in [1.82, 2.24) is 20.6 Å². The highest BCUT2D eigenvalue weighted by Gasteiger charge is 2.26. The van der Waals surface area contributed by atoms with Crippen molar-refractivity contribution in [3.63, 3.8) is 0 Å². The van der Waals surface area contributed by atoms with Crippen LogP contribution in [0.1, 0.15) is 115 Å². The first-order valence-electron chi connectivity index (χ1n) is 14.6. The third-order valence-corrected chi connectivity index (χ3v) is 6.82. The Hall–Kier alpha value is -2.76. The second kappa shape index (κ2) is 20.3. The van der Waals surface area contributed by atoms with E-state index in [9.17, 15) is 9.59 Å². The summed E-state index contributed by atoms with van der Waals surface area (Å²) < 4.78 is 0. The molecule has 0 unspecified atom stereocenters. The van der Waals surface area contributed by atoms with Crippen molar-refractivity contribution in [2.75, 3.05) is 0 Å². The highest BCUT2D eigenvalue weighted by atomic mass is 16.2. The molecule has 6 nitrogen and oxygen atoms in total. The molecule has 2 aromatic heterocycles. The molecule has 37 heavy (non-hydrogen) atoms. The van der Waals surface area contributed by atoms with E-state index in [0.717, 1.165) is 30.7 Å². The molecule has 0 aliphatic heterocycles. The number of rotatable bonds is 21. The lowest BCUT2D eigenvalue weighted by atomic mass is 9.98. The molecule has 0 bridgehead atoms. The van der Waals surface area contributed by atoms with Crippen LogP contribution in [0, 0.1) is 5.92 Å². The molecule has 2 aromatic rings. The van der Waals surface area contributed by atoms with E-state index in [1.807, 2.05) is 36.4 Å². The Balaban J connectivity index is 1.65. The minimum absolute atomic E-state index is 0.237. The van der Waals surface area contributed by atoms with Crippen molar-refractivity contribution >= 4 is 11.8 Å². The Morgan fingerprint density at radius 3 is 1.41 bits per heavy atom. The molecule has 0 spiro atoms. The SMILES string of the molecule is CCCCCCCCCCCCCCCCC(C(=O)NCc1ccccn1)C(=O)NCc1ccccn1. The van der Waals surface area contributed by atoms with Crippen LogP contribution < -0.4 is 10.6 Å². The zero-order chi connectivity index (χ0) is 26.4. The Morgan fingerprint density at radius 1 is 0.622 bits per heavy atom. The number of pyridine rings is 2. The fraction of sp³-hybridized carbons (Fsp3) is 0.613. The predicted molar refractivity (Wildman–Crippen MR) is 151 cm³/mol. The van der Waals surface area contributed by atoms with Crippen LogP contribution in [0.2, 0.25) is 0 Å². The third-order valence-electron chi connectivity index (χ3n) is 6.82. The van der Waals surface area contributed by atoms with E-state index in [4.69, 9.17) is 0 Å². The minimum Gasteiger partial charge on any atom is -0.350 e. The van der Waals surface area contributed by atoms with Crippen molar-refractivity contribution in [2.45, 2.75) is 116 Å². The van der Waals surface area contributed by atoms with Crippen molar-refractivity contribution in [1.29, 1.82) is 0 Å². The molecular formula is C31H48N4O2. The predicted octanol–water partition coefficient (Wildman–Crippen LogP) is 6.90. The number of hydrogen-bond acceptors (Lipinski definition) is 4. The molecule has 2 rings (SSSR count). The third kappa shape index (κ3) is 14.5. The topological polar surface area (TPSA) is 84.0 Å². The number of nitrogens with zero attached hydrogens (tertiary/aromatic N) is 2. The van der Waals surface area contributed by atoms with Crippen LogP contribution in [0.4, 0.5) is 0 Å². The minimum atomic E-state index is -0.704. The molecule has 0 aromatic carbocycles. The Morgan fingerprint density at radius 2 is 1.03 bits per heavy atom. The molecule has 0 atom stereocenters.